The normalized spacial score (nSPS) is 16.1. The predicted molar refractivity (Wildman–Crippen MR) is 76.8 cm³/mol. The molecule has 0 rings (SSSR count). The Morgan fingerprint density at radius 1 is 0.529 bits per heavy atom. The zero-order chi connectivity index (χ0) is 14.1. The number of hydrogen-bond acceptors (Lipinski definition) is 3. The van der Waals surface area contributed by atoms with Crippen molar-refractivity contribution < 1.29 is 13.6 Å². The van der Waals surface area contributed by atoms with E-state index in [9.17, 15) is 0 Å². The molecule has 0 saturated heterocycles. The molecule has 0 aliphatic carbocycles. The molecular weight excluding hydrogens is 235 g/mol. The topological polar surface area (TPSA) is 27.7 Å². The Bertz CT molecular complexity index is 202. The van der Waals surface area contributed by atoms with Gasteiger partial charge in [0.2, 0.25) is 0 Å². The van der Waals surface area contributed by atoms with Crippen LogP contribution in [-0.4, -0.2) is 23.5 Å². The molecule has 0 aliphatic heterocycles. The second-order valence-corrected chi connectivity index (χ2v) is 9.84. The summed E-state index contributed by atoms with van der Waals surface area (Å²) in [5, 5.41) is 0. The van der Waals surface area contributed by atoms with E-state index < -0.39 is 7.94 Å². The maximum absolute atomic E-state index is 6.07. The Kier molecular flexibility index (Phi) is 5.22. The summed E-state index contributed by atoms with van der Waals surface area (Å²) in [7, 11) is -2.66. The first-order chi connectivity index (χ1) is 7.12. The molecule has 0 heterocycles. The third-order valence-electron chi connectivity index (χ3n) is 1.47. The van der Waals surface area contributed by atoms with Gasteiger partial charge in [0.15, 0.2) is 0 Å². The quantitative estimate of drug-likeness (QED) is 0.701. The Morgan fingerprint density at radius 2 is 0.706 bits per heavy atom. The van der Waals surface area contributed by atoms with E-state index in [-0.39, 0.29) is 16.8 Å². The maximum atomic E-state index is 6.07. The van der Waals surface area contributed by atoms with Gasteiger partial charge in [0.1, 0.15) is 0 Å². The van der Waals surface area contributed by atoms with Gasteiger partial charge in [0.25, 0.3) is 0 Å². The summed E-state index contributed by atoms with van der Waals surface area (Å²) in [4.78, 5) is 0. The summed E-state index contributed by atoms with van der Waals surface area (Å²) < 4.78 is 18.2. The fourth-order valence-corrected chi connectivity index (χ4v) is 5.19. The van der Waals surface area contributed by atoms with Crippen LogP contribution in [0, 0.1) is 0 Å². The molecule has 0 bridgehead atoms. The minimum absolute atomic E-state index is 0.266. The van der Waals surface area contributed by atoms with Crippen molar-refractivity contribution in [1.82, 2.24) is 0 Å². The van der Waals surface area contributed by atoms with Gasteiger partial charge >= 0.3 is 107 Å². The van der Waals surface area contributed by atoms with E-state index in [0.717, 1.165) is 0 Å². The zero-order valence-electron chi connectivity index (χ0n) is 13.2. The first kappa shape index (κ1) is 17.3. The van der Waals surface area contributed by atoms with Crippen LogP contribution in [0.4, 0.5) is 0 Å². The first-order valence-electron chi connectivity index (χ1n) is 6.22. The molecule has 0 aromatic carbocycles. The second kappa shape index (κ2) is 5.13. The van der Waals surface area contributed by atoms with Crippen LogP contribution in [0.15, 0.2) is 0 Å². The van der Waals surface area contributed by atoms with Gasteiger partial charge in [-0.1, -0.05) is 0 Å². The fraction of sp³-hybridized carbons (Fsp3) is 1.00. The molecule has 0 fully saturated rings. The number of hydrogen-bond donors (Lipinski definition) is 0. The summed E-state index contributed by atoms with van der Waals surface area (Å²) in [6, 6.07) is 0. The standard InChI is InChI=1S/C13H31O3P/c1-11(2,3)14-17(10,15-12(4,5)6)16-13(7,8)9/h17H,1-10H3. The van der Waals surface area contributed by atoms with Crippen LogP contribution < -0.4 is 0 Å². The van der Waals surface area contributed by atoms with Gasteiger partial charge in [0, 0.05) is 0 Å². The molecule has 0 radical (unpaired) electrons. The average Bonchev–Trinajstić information content (AvgIpc) is 1.65. The molecule has 106 valence electrons. The van der Waals surface area contributed by atoms with Gasteiger partial charge in [-0.3, -0.25) is 0 Å². The first-order valence-corrected chi connectivity index (χ1v) is 8.45. The Balaban J connectivity index is 4.95. The Labute approximate surface area is 108 Å². The number of rotatable bonds is 3. The van der Waals surface area contributed by atoms with E-state index in [0.29, 0.717) is 0 Å². The van der Waals surface area contributed by atoms with E-state index in [2.05, 4.69) is 0 Å². The van der Waals surface area contributed by atoms with E-state index in [1.807, 2.05) is 69.0 Å². The van der Waals surface area contributed by atoms with E-state index in [1.165, 1.54) is 0 Å². The zero-order valence-corrected chi connectivity index (χ0v) is 14.2. The molecule has 0 N–H and O–H groups in total. The summed E-state index contributed by atoms with van der Waals surface area (Å²) in [6.45, 7) is 20.2. The molecule has 4 heteroatoms. The van der Waals surface area contributed by atoms with Crippen LogP contribution in [0.2, 0.25) is 0 Å². The molecule has 0 aliphatic rings. The molecule has 0 aromatic rings. The summed E-state index contributed by atoms with van der Waals surface area (Å²) in [5.74, 6) is 0. The third-order valence-corrected chi connectivity index (χ3v) is 4.42. The van der Waals surface area contributed by atoms with Gasteiger partial charge in [-0.2, -0.15) is 0 Å². The average molecular weight is 266 g/mol. The van der Waals surface area contributed by atoms with E-state index in [4.69, 9.17) is 13.6 Å². The second-order valence-electron chi connectivity index (χ2n) is 7.51. The monoisotopic (exact) mass is 266 g/mol. The van der Waals surface area contributed by atoms with E-state index >= 15 is 0 Å². The van der Waals surface area contributed by atoms with Crippen molar-refractivity contribution in [3.63, 3.8) is 0 Å². The van der Waals surface area contributed by atoms with Crippen molar-refractivity contribution in [3.8, 4) is 0 Å². The molecule has 0 aromatic heterocycles. The van der Waals surface area contributed by atoms with Crippen LogP contribution in [0.5, 0.6) is 0 Å². The van der Waals surface area contributed by atoms with Gasteiger partial charge < -0.3 is 0 Å². The van der Waals surface area contributed by atoms with Crippen LogP contribution >= 0.6 is 7.94 Å². The van der Waals surface area contributed by atoms with Gasteiger partial charge in [-0.25, -0.2) is 0 Å². The summed E-state index contributed by atoms with van der Waals surface area (Å²) >= 11 is 0. The molecule has 0 amide bonds. The molecule has 0 unspecified atom stereocenters. The SMILES string of the molecule is CC(C)(C)O[PH](C)(OC(C)(C)C)OC(C)(C)C. The molecule has 0 atom stereocenters. The van der Waals surface area contributed by atoms with E-state index in [1.54, 1.807) is 0 Å². The van der Waals surface area contributed by atoms with Gasteiger partial charge in [-0.15, -0.1) is 0 Å². The minimum atomic E-state index is -2.66. The molecule has 0 spiro atoms. The van der Waals surface area contributed by atoms with Gasteiger partial charge in [0.05, 0.1) is 0 Å². The summed E-state index contributed by atoms with van der Waals surface area (Å²) in [5.41, 5.74) is -0.799. The van der Waals surface area contributed by atoms with Crippen molar-refractivity contribution >= 4 is 7.94 Å². The van der Waals surface area contributed by atoms with Gasteiger partial charge in [-0.05, 0) is 0 Å². The summed E-state index contributed by atoms with van der Waals surface area (Å²) in [6.07, 6.45) is 0. The van der Waals surface area contributed by atoms with Crippen LogP contribution in [-0.2, 0) is 13.6 Å². The third kappa shape index (κ3) is 9.96. The molecular formula is C13H31O3P. The van der Waals surface area contributed by atoms with Crippen molar-refractivity contribution in [3.05, 3.63) is 0 Å². The Morgan fingerprint density at radius 3 is 0.824 bits per heavy atom. The van der Waals surface area contributed by atoms with Crippen LogP contribution in [0.1, 0.15) is 62.3 Å². The van der Waals surface area contributed by atoms with Crippen molar-refractivity contribution in [2.45, 2.75) is 79.1 Å². The van der Waals surface area contributed by atoms with Crippen molar-refractivity contribution in [2.24, 2.45) is 0 Å². The molecule has 3 nitrogen and oxygen atoms in total. The Hall–Kier alpha value is 0.310. The molecule has 17 heavy (non-hydrogen) atoms. The van der Waals surface area contributed by atoms with Crippen LogP contribution in [0.3, 0.4) is 0 Å². The predicted octanol–water partition coefficient (Wildman–Crippen LogP) is 4.56. The fourth-order valence-electron chi connectivity index (χ4n) is 1.73. The van der Waals surface area contributed by atoms with Crippen LogP contribution in [0.25, 0.3) is 0 Å². The van der Waals surface area contributed by atoms with Crippen molar-refractivity contribution in [1.29, 1.82) is 0 Å². The van der Waals surface area contributed by atoms with Crippen molar-refractivity contribution in [2.75, 3.05) is 6.66 Å². The molecule has 0 saturated carbocycles.